The van der Waals surface area contributed by atoms with Gasteiger partial charge in [0.05, 0.1) is 19.2 Å². The van der Waals surface area contributed by atoms with E-state index in [0.29, 0.717) is 31.6 Å². The number of amides is 1. The van der Waals surface area contributed by atoms with Crippen molar-refractivity contribution >= 4 is 114 Å². The molecule has 1 amide bonds. The third-order valence-corrected chi connectivity index (χ3v) is 7.76. The van der Waals surface area contributed by atoms with Crippen LogP contribution < -0.4 is 9.64 Å². The van der Waals surface area contributed by atoms with Crippen LogP contribution in [0.3, 0.4) is 0 Å². The molecule has 0 N–H and O–H groups in total. The Morgan fingerprint density at radius 3 is 2.53 bits per heavy atom. The van der Waals surface area contributed by atoms with Gasteiger partial charge in [-0.25, -0.2) is 0 Å². The van der Waals surface area contributed by atoms with Gasteiger partial charge in [-0.2, -0.15) is 0 Å². The van der Waals surface area contributed by atoms with E-state index in [0.717, 1.165) is 24.0 Å². The Bertz CT molecular complexity index is 1250. The molecule has 0 radical (unpaired) electrons. The van der Waals surface area contributed by atoms with Gasteiger partial charge in [0, 0.05) is 14.2 Å². The number of nitrogens with zero attached hydrogens (tertiary/aromatic N) is 1. The minimum Gasteiger partial charge on any atom is -0.487 e. The van der Waals surface area contributed by atoms with E-state index in [9.17, 15) is 4.79 Å². The third kappa shape index (κ3) is 5.44. The first-order chi connectivity index (χ1) is 15.3. The van der Waals surface area contributed by atoms with Crippen molar-refractivity contribution in [1.29, 1.82) is 0 Å². The highest BCUT2D eigenvalue weighted by molar-refractivity contribution is 14.1. The van der Waals surface area contributed by atoms with Gasteiger partial charge in [0.2, 0.25) is 0 Å². The van der Waals surface area contributed by atoms with E-state index in [1.807, 2.05) is 48.5 Å². The fraction of sp³-hybridized carbons (Fsp3) is 0.0435. The first-order valence-corrected chi connectivity index (χ1v) is 13.4. The summed E-state index contributed by atoms with van der Waals surface area (Å²) in [7, 11) is 0. The number of rotatable bonds is 5. The molecule has 1 heterocycles. The summed E-state index contributed by atoms with van der Waals surface area (Å²) < 4.78 is 8.59. The van der Waals surface area contributed by atoms with Crippen molar-refractivity contribution < 1.29 is 9.53 Å². The van der Waals surface area contributed by atoms with Gasteiger partial charge in [-0.3, -0.25) is 9.69 Å². The molecule has 1 fully saturated rings. The maximum absolute atomic E-state index is 13.2. The molecule has 1 aliphatic heterocycles. The second kappa shape index (κ2) is 10.6. The smallest absolute Gasteiger partial charge is 0.270 e. The lowest BCUT2D eigenvalue weighted by Crippen LogP contribution is -2.27. The molecular formula is C23H13Cl2I2NO2S2. The molecular weight excluding hydrogens is 711 g/mol. The summed E-state index contributed by atoms with van der Waals surface area (Å²) in [4.78, 5) is 15.2. The summed E-state index contributed by atoms with van der Waals surface area (Å²) in [5.41, 5.74) is 2.40. The molecule has 4 rings (SSSR count). The normalized spacial score (nSPS) is 15.0. The lowest BCUT2D eigenvalue weighted by molar-refractivity contribution is -0.113. The predicted molar refractivity (Wildman–Crippen MR) is 155 cm³/mol. The van der Waals surface area contributed by atoms with E-state index in [1.165, 1.54) is 16.7 Å². The van der Waals surface area contributed by atoms with Gasteiger partial charge in [-0.05, 0) is 87.2 Å². The zero-order chi connectivity index (χ0) is 22.8. The van der Waals surface area contributed by atoms with Gasteiger partial charge >= 0.3 is 0 Å². The highest BCUT2D eigenvalue weighted by atomic mass is 127. The van der Waals surface area contributed by atoms with E-state index in [2.05, 4.69) is 45.2 Å². The molecule has 3 nitrogen and oxygen atoms in total. The standard InChI is InChI=1S/C23H13Cl2I2NO2S2/c24-15-6-7-19(17(25)10-15)28-22(29)20(32-23(28)31)9-14-8-16(26)11-18(27)21(14)30-12-13-4-2-1-3-5-13/h1-11H,12H2/b20-9-. The summed E-state index contributed by atoms with van der Waals surface area (Å²) in [6, 6.07) is 19.0. The lowest BCUT2D eigenvalue weighted by atomic mass is 10.1. The number of carbonyl (C=O) groups excluding carboxylic acids is 1. The van der Waals surface area contributed by atoms with Crippen LogP contribution in [0.25, 0.3) is 6.08 Å². The van der Waals surface area contributed by atoms with Gasteiger partial charge < -0.3 is 4.74 Å². The Morgan fingerprint density at radius 1 is 1.06 bits per heavy atom. The lowest BCUT2D eigenvalue weighted by Gasteiger charge is -2.16. The molecule has 0 saturated carbocycles. The van der Waals surface area contributed by atoms with E-state index >= 15 is 0 Å². The Balaban J connectivity index is 1.67. The molecule has 0 atom stereocenters. The number of hydrogen-bond donors (Lipinski definition) is 0. The van der Waals surface area contributed by atoms with Crippen LogP contribution in [-0.4, -0.2) is 10.2 Å². The van der Waals surface area contributed by atoms with Crippen LogP contribution in [-0.2, 0) is 11.4 Å². The van der Waals surface area contributed by atoms with Crippen molar-refractivity contribution in [2.24, 2.45) is 0 Å². The van der Waals surface area contributed by atoms with Gasteiger partial charge in [0.25, 0.3) is 5.91 Å². The summed E-state index contributed by atoms with van der Waals surface area (Å²) in [6.45, 7) is 0.430. The molecule has 0 unspecified atom stereocenters. The Morgan fingerprint density at radius 2 is 1.81 bits per heavy atom. The van der Waals surface area contributed by atoms with Gasteiger partial charge in [0.1, 0.15) is 12.4 Å². The molecule has 1 aliphatic rings. The number of thioether (sulfide) groups is 1. The Kier molecular flexibility index (Phi) is 8.05. The van der Waals surface area contributed by atoms with E-state index in [-0.39, 0.29) is 5.91 Å². The number of anilines is 1. The van der Waals surface area contributed by atoms with Crippen LogP contribution in [0.1, 0.15) is 11.1 Å². The molecule has 162 valence electrons. The average Bonchev–Trinajstić information content (AvgIpc) is 3.01. The number of hydrogen-bond acceptors (Lipinski definition) is 4. The van der Waals surface area contributed by atoms with Crippen LogP contribution in [0.2, 0.25) is 10.0 Å². The second-order valence-electron chi connectivity index (χ2n) is 6.69. The number of ether oxygens (including phenoxy) is 1. The topological polar surface area (TPSA) is 29.5 Å². The summed E-state index contributed by atoms with van der Waals surface area (Å²) in [6.07, 6.45) is 1.83. The summed E-state index contributed by atoms with van der Waals surface area (Å²) in [5.74, 6) is 0.497. The SMILES string of the molecule is O=C1/C(=C/c2cc(I)cc(I)c2OCc2ccccc2)SC(=S)N1c1ccc(Cl)cc1Cl. The molecule has 1 saturated heterocycles. The summed E-state index contributed by atoms with van der Waals surface area (Å²) in [5, 5.41) is 0.860. The maximum Gasteiger partial charge on any atom is 0.270 e. The highest BCUT2D eigenvalue weighted by Gasteiger charge is 2.34. The van der Waals surface area contributed by atoms with Crippen LogP contribution in [0.4, 0.5) is 5.69 Å². The quantitative estimate of drug-likeness (QED) is 0.151. The maximum atomic E-state index is 13.2. The van der Waals surface area contributed by atoms with Crippen molar-refractivity contribution in [3.8, 4) is 5.75 Å². The fourth-order valence-electron chi connectivity index (χ4n) is 3.05. The van der Waals surface area contributed by atoms with Crippen molar-refractivity contribution in [3.63, 3.8) is 0 Å². The monoisotopic (exact) mass is 723 g/mol. The van der Waals surface area contributed by atoms with Crippen molar-refractivity contribution in [3.05, 3.63) is 93.9 Å². The Labute approximate surface area is 232 Å². The van der Waals surface area contributed by atoms with Crippen molar-refractivity contribution in [2.75, 3.05) is 4.90 Å². The molecule has 9 heteroatoms. The van der Waals surface area contributed by atoms with Crippen LogP contribution in [0.5, 0.6) is 5.75 Å². The molecule has 0 spiro atoms. The van der Waals surface area contributed by atoms with Crippen LogP contribution in [0.15, 0.2) is 65.6 Å². The van der Waals surface area contributed by atoms with Crippen molar-refractivity contribution in [2.45, 2.75) is 6.61 Å². The van der Waals surface area contributed by atoms with Gasteiger partial charge in [-0.1, -0.05) is 77.5 Å². The average molecular weight is 724 g/mol. The summed E-state index contributed by atoms with van der Waals surface area (Å²) >= 11 is 23.6. The zero-order valence-electron chi connectivity index (χ0n) is 16.2. The predicted octanol–water partition coefficient (Wildman–Crippen LogP) is 8.19. The van der Waals surface area contributed by atoms with Crippen LogP contribution in [0, 0.1) is 7.14 Å². The van der Waals surface area contributed by atoms with E-state index in [4.69, 9.17) is 40.2 Å². The highest BCUT2D eigenvalue weighted by Crippen LogP contribution is 2.41. The first kappa shape index (κ1) is 24.3. The molecule has 3 aromatic carbocycles. The van der Waals surface area contributed by atoms with E-state index in [1.54, 1.807) is 18.2 Å². The second-order valence-corrected chi connectivity index (χ2v) is 11.6. The zero-order valence-corrected chi connectivity index (χ0v) is 23.6. The number of halogens is 4. The molecule has 0 aromatic heterocycles. The minimum absolute atomic E-state index is 0.230. The number of thiocarbonyl (C=S) groups is 1. The number of carbonyl (C=O) groups is 1. The molecule has 3 aromatic rings. The number of benzene rings is 3. The minimum atomic E-state index is -0.230. The van der Waals surface area contributed by atoms with Gasteiger partial charge in [-0.15, -0.1) is 0 Å². The molecule has 32 heavy (non-hydrogen) atoms. The first-order valence-electron chi connectivity index (χ1n) is 9.22. The Hall–Kier alpha value is -0.850. The molecule has 0 bridgehead atoms. The third-order valence-electron chi connectivity index (χ3n) is 4.49. The molecule has 0 aliphatic carbocycles. The largest absolute Gasteiger partial charge is 0.487 e. The van der Waals surface area contributed by atoms with Gasteiger partial charge in [0.15, 0.2) is 4.32 Å². The van der Waals surface area contributed by atoms with E-state index < -0.39 is 0 Å². The fourth-order valence-corrected chi connectivity index (χ4v) is 6.86. The van der Waals surface area contributed by atoms with Crippen molar-refractivity contribution in [1.82, 2.24) is 0 Å². The van der Waals surface area contributed by atoms with Crippen LogP contribution >= 0.6 is 92.4 Å².